The van der Waals surface area contributed by atoms with Gasteiger partial charge < -0.3 is 34.6 Å². The Balaban J connectivity index is 1.17. The average Bonchev–Trinajstić information content (AvgIpc) is 3.76. The molecule has 2 spiro atoms. The van der Waals surface area contributed by atoms with E-state index in [0.29, 0.717) is 45.3 Å². The Kier molecular flexibility index (Phi) is 8.62. The summed E-state index contributed by atoms with van der Waals surface area (Å²) in [5, 5.41) is 53.4. The maximum Gasteiger partial charge on any atom is 0.159 e. The largest absolute Gasteiger partial charge is 0.387 e. The van der Waals surface area contributed by atoms with Crippen molar-refractivity contribution in [2.24, 2.45) is 45.3 Å². The molecule has 4 saturated carbocycles. The van der Waals surface area contributed by atoms with Gasteiger partial charge in [0, 0.05) is 50.0 Å². The van der Waals surface area contributed by atoms with Crippen molar-refractivity contribution in [2.45, 2.75) is 159 Å². The number of aliphatic hydroxyl groups is 4. The maximum atomic E-state index is 14.1. The molecule has 0 aromatic rings. The van der Waals surface area contributed by atoms with Gasteiger partial charge in [-0.1, -0.05) is 39.5 Å². The van der Waals surface area contributed by atoms with Gasteiger partial charge in [0.05, 0.1) is 23.2 Å². The lowest BCUT2D eigenvalue weighted by Gasteiger charge is -2.62. The molecule has 6 aliphatic carbocycles. The lowest BCUT2D eigenvalue weighted by Crippen LogP contribution is -2.68. The third-order valence-electron chi connectivity index (χ3n) is 16.8. The van der Waals surface area contributed by atoms with Crippen molar-refractivity contribution >= 4 is 5.78 Å². The van der Waals surface area contributed by atoms with Crippen molar-refractivity contribution in [2.75, 3.05) is 20.3 Å². The Morgan fingerprint density at radius 1 is 0.980 bits per heavy atom. The Labute approximate surface area is 298 Å². The second-order valence-corrected chi connectivity index (χ2v) is 18.5. The minimum atomic E-state index is -1.74. The molecule has 2 heterocycles. The average molecular weight is 696 g/mol. The predicted octanol–water partition coefficient (Wildman–Crippen LogP) is 4.04. The highest BCUT2D eigenvalue weighted by Gasteiger charge is 2.76. The lowest BCUT2D eigenvalue weighted by atomic mass is 9.43. The highest BCUT2D eigenvalue weighted by Crippen LogP contribution is 2.73. The van der Waals surface area contributed by atoms with Crippen molar-refractivity contribution in [1.82, 2.24) is 5.32 Å². The molecule has 6 fully saturated rings. The molecule has 15 unspecified atom stereocenters. The summed E-state index contributed by atoms with van der Waals surface area (Å²) in [5.74, 6) is 7.09. The molecule has 3 bridgehead atoms. The Morgan fingerprint density at radius 2 is 1.74 bits per heavy atom. The zero-order valence-corrected chi connectivity index (χ0v) is 30.9. The van der Waals surface area contributed by atoms with Gasteiger partial charge in [0.2, 0.25) is 0 Å². The normalized spacial score (nSPS) is 53.3. The second kappa shape index (κ2) is 12.1. The molecule has 15 atom stereocenters. The molecular weight excluding hydrogens is 634 g/mol. The van der Waals surface area contributed by atoms with Crippen LogP contribution in [0.15, 0.2) is 11.6 Å². The molecule has 0 aromatic carbocycles. The summed E-state index contributed by atoms with van der Waals surface area (Å²) in [7, 11) is 1.69. The summed E-state index contributed by atoms with van der Waals surface area (Å²) in [4.78, 5) is 14.1. The van der Waals surface area contributed by atoms with E-state index in [1.807, 2.05) is 0 Å². The van der Waals surface area contributed by atoms with Crippen LogP contribution in [0.3, 0.4) is 0 Å². The molecule has 8 aliphatic rings. The summed E-state index contributed by atoms with van der Waals surface area (Å²) in [6.07, 6.45) is 8.72. The lowest BCUT2D eigenvalue weighted by molar-refractivity contribution is -0.224. The van der Waals surface area contributed by atoms with Crippen LogP contribution < -0.4 is 5.32 Å². The van der Waals surface area contributed by atoms with Gasteiger partial charge in [-0.3, -0.25) is 10.1 Å². The Bertz CT molecular complexity index is 1460. The molecule has 8 rings (SSSR count). The van der Waals surface area contributed by atoms with E-state index < -0.39 is 46.6 Å². The molecule has 50 heavy (non-hydrogen) atoms. The summed E-state index contributed by atoms with van der Waals surface area (Å²) >= 11 is 0. The number of hydrogen-bond acceptors (Lipinski definition) is 9. The molecule has 2 aliphatic heterocycles. The highest BCUT2D eigenvalue weighted by atomic mass is 16.5. The molecule has 2 saturated heterocycles. The van der Waals surface area contributed by atoms with Gasteiger partial charge in [0.25, 0.3) is 0 Å². The number of carbonyl (C=O) groups is 1. The number of rotatable bonds is 5. The topological polar surface area (TPSA) is 138 Å². The quantitative estimate of drug-likeness (QED) is 0.213. The maximum absolute atomic E-state index is 14.1. The van der Waals surface area contributed by atoms with Gasteiger partial charge in [-0.05, 0) is 105 Å². The van der Waals surface area contributed by atoms with Gasteiger partial charge in [-0.2, -0.15) is 0 Å². The van der Waals surface area contributed by atoms with E-state index in [-0.39, 0.29) is 52.4 Å². The zero-order chi connectivity index (χ0) is 35.5. The van der Waals surface area contributed by atoms with Crippen LogP contribution in [0.25, 0.3) is 0 Å². The van der Waals surface area contributed by atoms with Crippen LogP contribution >= 0.6 is 0 Å². The number of methoxy groups -OCH3 is 1. The number of fused-ring (bicyclic) bond motifs is 7. The van der Waals surface area contributed by atoms with E-state index in [2.05, 4.69) is 37.9 Å². The van der Waals surface area contributed by atoms with Gasteiger partial charge in [-0.25, -0.2) is 0 Å². The molecule has 9 nitrogen and oxygen atoms in total. The van der Waals surface area contributed by atoms with E-state index in [1.165, 1.54) is 0 Å². The summed E-state index contributed by atoms with van der Waals surface area (Å²) in [6.45, 7) is 9.43. The Morgan fingerprint density at radius 3 is 2.48 bits per heavy atom. The van der Waals surface area contributed by atoms with E-state index in [4.69, 9.17) is 14.2 Å². The molecule has 0 aromatic heterocycles. The fourth-order valence-electron chi connectivity index (χ4n) is 14.0. The number of hydrogen-bond donors (Lipinski definition) is 5. The van der Waals surface area contributed by atoms with Gasteiger partial charge >= 0.3 is 0 Å². The van der Waals surface area contributed by atoms with E-state index >= 15 is 0 Å². The smallest absolute Gasteiger partial charge is 0.159 e. The van der Waals surface area contributed by atoms with Gasteiger partial charge in [0.15, 0.2) is 5.78 Å². The van der Waals surface area contributed by atoms with Gasteiger partial charge in [0.1, 0.15) is 24.0 Å². The fourth-order valence-corrected chi connectivity index (χ4v) is 14.0. The number of ether oxygens (including phenoxy) is 3. The van der Waals surface area contributed by atoms with Crippen molar-refractivity contribution < 1.29 is 39.4 Å². The first-order chi connectivity index (χ1) is 23.7. The molecule has 0 amide bonds. The number of nitrogens with one attached hydrogen (secondary N) is 1. The summed E-state index contributed by atoms with van der Waals surface area (Å²) < 4.78 is 18.0. The molecule has 9 heteroatoms. The van der Waals surface area contributed by atoms with E-state index in [1.54, 1.807) is 20.1 Å². The van der Waals surface area contributed by atoms with Crippen molar-refractivity contribution in [3.05, 3.63) is 11.6 Å². The Hall–Kier alpha value is -1.35. The number of aliphatic hydroxyl groups excluding tert-OH is 2. The van der Waals surface area contributed by atoms with Crippen molar-refractivity contribution in [3.8, 4) is 11.8 Å². The van der Waals surface area contributed by atoms with Crippen LogP contribution in [0.4, 0.5) is 0 Å². The van der Waals surface area contributed by atoms with Crippen molar-refractivity contribution in [1.29, 1.82) is 0 Å². The third kappa shape index (κ3) is 4.52. The minimum Gasteiger partial charge on any atom is -0.387 e. The SMILES string of the molecule is COCCCOC1CCC2(C)C(C1)C(=O)C=C1C2CCC2(C)C1(O)CCC21C#CCC2NC(O)C3OC(C(C)C3C23CCCC3)C(O)C1(C)O. The summed E-state index contributed by atoms with van der Waals surface area (Å²) in [5.41, 5.74) is -4.78. The predicted molar refractivity (Wildman–Crippen MR) is 186 cm³/mol. The van der Waals surface area contributed by atoms with Crippen LogP contribution in [0.5, 0.6) is 0 Å². The number of piperidine rings is 1. The number of ketones is 1. The monoisotopic (exact) mass is 695 g/mol. The van der Waals surface area contributed by atoms with Crippen LogP contribution in [0.2, 0.25) is 0 Å². The molecule has 0 radical (unpaired) electrons. The highest BCUT2D eigenvalue weighted by molar-refractivity contribution is 5.95. The minimum absolute atomic E-state index is 0.0331. The summed E-state index contributed by atoms with van der Waals surface area (Å²) in [6, 6.07) is -0.0331. The molecule has 278 valence electrons. The number of allylic oxidation sites excluding steroid dienone is 1. The first-order valence-corrected chi connectivity index (χ1v) is 19.8. The fraction of sp³-hybridized carbons (Fsp3) is 0.878. The van der Waals surface area contributed by atoms with Crippen LogP contribution in [0.1, 0.15) is 111 Å². The first kappa shape index (κ1) is 35.7. The second-order valence-electron chi connectivity index (χ2n) is 18.5. The first-order valence-electron chi connectivity index (χ1n) is 19.8. The standard InChI is InChI=1S/C41H61NO8/c1-24-31-33-35(45)42-30(39(31)13-6-7-14-39)10-8-15-40(38(4,46)34(44)32(24)50-33)18-19-41(47)27-23-29(43)28-22-25(49-21-9-20-48-5)11-16-36(28,2)26(27)12-17-37(40,41)3/h23-26,28,30-35,42,44-47H,6-7,9-14,16-22H2,1-5H3. The van der Waals surface area contributed by atoms with Crippen LogP contribution in [0, 0.1) is 57.2 Å². The van der Waals surface area contributed by atoms with Gasteiger partial charge in [-0.15, -0.1) is 5.92 Å². The zero-order valence-electron chi connectivity index (χ0n) is 30.9. The van der Waals surface area contributed by atoms with E-state index in [0.717, 1.165) is 56.9 Å². The van der Waals surface area contributed by atoms with Crippen molar-refractivity contribution in [3.63, 3.8) is 0 Å². The number of carbonyl (C=O) groups excluding carboxylic acids is 1. The third-order valence-corrected chi connectivity index (χ3v) is 16.8. The molecular formula is C41H61NO8. The van der Waals surface area contributed by atoms with Crippen LogP contribution in [-0.2, 0) is 19.0 Å². The molecule has 5 N–H and O–H groups in total. The van der Waals surface area contributed by atoms with Crippen LogP contribution in [-0.4, -0.2) is 94.4 Å². The van der Waals surface area contributed by atoms with E-state index in [9.17, 15) is 25.2 Å².